The number of rotatable bonds is 6. The molecule has 0 spiro atoms. The van der Waals surface area contributed by atoms with Gasteiger partial charge in [-0.1, -0.05) is 24.8 Å². The van der Waals surface area contributed by atoms with Gasteiger partial charge in [-0.05, 0) is 42.8 Å². The van der Waals surface area contributed by atoms with E-state index in [2.05, 4.69) is 10.3 Å². The Kier molecular flexibility index (Phi) is 5.49. The fourth-order valence-electron chi connectivity index (χ4n) is 1.73. The van der Waals surface area contributed by atoms with E-state index < -0.39 is 11.6 Å². The number of halogens is 2. The Morgan fingerprint density at radius 1 is 1.20 bits per heavy atom. The zero-order chi connectivity index (χ0) is 14.4. The molecule has 0 radical (unpaired) electrons. The highest BCUT2D eigenvalue weighted by molar-refractivity contribution is 7.99. The Morgan fingerprint density at radius 3 is 2.55 bits per heavy atom. The summed E-state index contributed by atoms with van der Waals surface area (Å²) in [5.41, 5.74) is 0.610. The third-order valence-electron chi connectivity index (χ3n) is 2.66. The minimum absolute atomic E-state index is 0.0112. The number of aromatic nitrogens is 1. The minimum atomic E-state index is -0.547. The van der Waals surface area contributed by atoms with E-state index in [0.29, 0.717) is 17.1 Å². The zero-order valence-corrected chi connectivity index (χ0v) is 12.0. The fourth-order valence-corrected chi connectivity index (χ4v) is 2.52. The lowest BCUT2D eigenvalue weighted by molar-refractivity contribution is 0.534. The summed E-state index contributed by atoms with van der Waals surface area (Å²) < 4.78 is 28.0. The van der Waals surface area contributed by atoms with Gasteiger partial charge in [-0.2, -0.15) is 0 Å². The second-order valence-electron chi connectivity index (χ2n) is 4.34. The number of pyridine rings is 1. The molecule has 0 fully saturated rings. The van der Waals surface area contributed by atoms with Crippen LogP contribution < -0.4 is 5.32 Å². The van der Waals surface area contributed by atoms with Crippen LogP contribution in [-0.4, -0.2) is 11.5 Å². The van der Waals surface area contributed by atoms with E-state index >= 15 is 0 Å². The lowest BCUT2D eigenvalue weighted by atomic mass is 10.2. The largest absolute Gasteiger partial charge is 0.313 e. The van der Waals surface area contributed by atoms with Gasteiger partial charge < -0.3 is 5.32 Å². The molecule has 2 nitrogen and oxygen atoms in total. The normalized spacial score (nSPS) is 10.8. The predicted octanol–water partition coefficient (Wildman–Crippen LogP) is 4.01. The SMILES string of the molecule is CCCNCc1cc(F)c(Sc2ccccn2)c(F)c1. The molecule has 0 atom stereocenters. The highest BCUT2D eigenvalue weighted by Gasteiger charge is 2.13. The van der Waals surface area contributed by atoms with Crippen molar-refractivity contribution >= 4 is 11.8 Å². The molecule has 1 aromatic heterocycles. The smallest absolute Gasteiger partial charge is 0.140 e. The van der Waals surface area contributed by atoms with Crippen LogP contribution in [0.4, 0.5) is 8.78 Å². The van der Waals surface area contributed by atoms with E-state index in [1.54, 1.807) is 24.4 Å². The lowest BCUT2D eigenvalue weighted by Gasteiger charge is -2.08. The van der Waals surface area contributed by atoms with Gasteiger partial charge in [0.2, 0.25) is 0 Å². The van der Waals surface area contributed by atoms with Crippen molar-refractivity contribution < 1.29 is 8.78 Å². The van der Waals surface area contributed by atoms with Gasteiger partial charge in [0.25, 0.3) is 0 Å². The van der Waals surface area contributed by atoms with Gasteiger partial charge in [-0.15, -0.1) is 0 Å². The molecule has 2 aromatic rings. The summed E-state index contributed by atoms with van der Waals surface area (Å²) in [5.74, 6) is -1.09. The molecule has 5 heteroatoms. The summed E-state index contributed by atoms with van der Waals surface area (Å²) in [5, 5.41) is 3.69. The topological polar surface area (TPSA) is 24.9 Å². The molecule has 1 aromatic carbocycles. The van der Waals surface area contributed by atoms with Crippen LogP contribution in [0.15, 0.2) is 46.5 Å². The first-order chi connectivity index (χ1) is 9.70. The lowest BCUT2D eigenvalue weighted by Crippen LogP contribution is -2.14. The second-order valence-corrected chi connectivity index (χ2v) is 5.37. The minimum Gasteiger partial charge on any atom is -0.313 e. The first-order valence-corrected chi connectivity index (χ1v) is 7.30. The van der Waals surface area contributed by atoms with Crippen molar-refractivity contribution in [3.8, 4) is 0 Å². The number of nitrogens with zero attached hydrogens (tertiary/aromatic N) is 1. The van der Waals surface area contributed by atoms with E-state index in [4.69, 9.17) is 0 Å². The number of benzene rings is 1. The van der Waals surface area contributed by atoms with Gasteiger partial charge in [0.1, 0.15) is 16.7 Å². The van der Waals surface area contributed by atoms with Crippen LogP contribution in [0, 0.1) is 11.6 Å². The maximum Gasteiger partial charge on any atom is 0.140 e. The number of hydrogen-bond acceptors (Lipinski definition) is 3. The quantitative estimate of drug-likeness (QED) is 0.815. The van der Waals surface area contributed by atoms with Crippen LogP contribution in [0.2, 0.25) is 0 Å². The van der Waals surface area contributed by atoms with E-state index in [-0.39, 0.29) is 4.90 Å². The van der Waals surface area contributed by atoms with Gasteiger partial charge in [0.15, 0.2) is 0 Å². The molecule has 0 saturated heterocycles. The average Bonchev–Trinajstić information content (AvgIpc) is 2.44. The summed E-state index contributed by atoms with van der Waals surface area (Å²) in [7, 11) is 0. The van der Waals surface area contributed by atoms with Crippen LogP contribution in [-0.2, 0) is 6.54 Å². The summed E-state index contributed by atoms with van der Waals surface area (Å²) in [4.78, 5) is 4.05. The van der Waals surface area contributed by atoms with E-state index in [1.165, 1.54) is 12.1 Å². The van der Waals surface area contributed by atoms with E-state index in [1.807, 2.05) is 6.92 Å². The van der Waals surface area contributed by atoms with Crippen LogP contribution in [0.3, 0.4) is 0 Å². The monoisotopic (exact) mass is 294 g/mol. The molecule has 106 valence electrons. The van der Waals surface area contributed by atoms with Crippen LogP contribution in [0.1, 0.15) is 18.9 Å². The van der Waals surface area contributed by atoms with Crippen molar-refractivity contribution in [3.63, 3.8) is 0 Å². The van der Waals surface area contributed by atoms with E-state index in [9.17, 15) is 8.78 Å². The summed E-state index contributed by atoms with van der Waals surface area (Å²) in [6.45, 7) is 3.34. The molecule has 2 rings (SSSR count). The summed E-state index contributed by atoms with van der Waals surface area (Å²) >= 11 is 0.996. The molecule has 0 amide bonds. The maximum atomic E-state index is 14.0. The van der Waals surface area contributed by atoms with Crippen LogP contribution in [0.25, 0.3) is 0 Å². The third kappa shape index (κ3) is 4.02. The van der Waals surface area contributed by atoms with Gasteiger partial charge in [0, 0.05) is 12.7 Å². The first kappa shape index (κ1) is 14.9. The molecule has 0 aliphatic rings. The molecular formula is C15H16F2N2S. The Bertz CT molecular complexity index is 538. The van der Waals surface area contributed by atoms with Crippen molar-refractivity contribution in [2.75, 3.05) is 6.54 Å². The highest BCUT2D eigenvalue weighted by atomic mass is 32.2. The van der Waals surface area contributed by atoms with Crippen molar-refractivity contribution in [2.45, 2.75) is 29.8 Å². The predicted molar refractivity (Wildman–Crippen MR) is 76.7 cm³/mol. The molecule has 0 saturated carbocycles. The highest BCUT2D eigenvalue weighted by Crippen LogP contribution is 2.31. The van der Waals surface area contributed by atoms with E-state index in [0.717, 1.165) is 24.7 Å². The van der Waals surface area contributed by atoms with Crippen molar-refractivity contribution in [1.82, 2.24) is 10.3 Å². The van der Waals surface area contributed by atoms with Gasteiger partial charge >= 0.3 is 0 Å². The van der Waals surface area contributed by atoms with Crippen molar-refractivity contribution in [1.29, 1.82) is 0 Å². The van der Waals surface area contributed by atoms with Crippen LogP contribution in [0.5, 0.6) is 0 Å². The summed E-state index contributed by atoms with van der Waals surface area (Å²) in [6, 6.07) is 8.02. The zero-order valence-electron chi connectivity index (χ0n) is 11.2. The molecule has 0 aliphatic heterocycles. The molecule has 1 heterocycles. The van der Waals surface area contributed by atoms with Gasteiger partial charge in [-0.3, -0.25) is 0 Å². The molecule has 20 heavy (non-hydrogen) atoms. The number of nitrogens with one attached hydrogen (secondary N) is 1. The first-order valence-electron chi connectivity index (χ1n) is 6.48. The standard InChI is InChI=1S/C15H16F2N2S/c1-2-6-18-10-11-8-12(16)15(13(17)9-11)20-14-5-3-4-7-19-14/h3-5,7-9,18H,2,6,10H2,1H3. The molecule has 0 aliphatic carbocycles. The van der Waals surface area contributed by atoms with Crippen molar-refractivity contribution in [2.24, 2.45) is 0 Å². The van der Waals surface area contributed by atoms with Gasteiger partial charge in [-0.25, -0.2) is 13.8 Å². The Hall–Kier alpha value is -1.46. The Balaban J connectivity index is 2.14. The second kappa shape index (κ2) is 7.36. The fraction of sp³-hybridized carbons (Fsp3) is 0.267. The average molecular weight is 294 g/mol. The number of hydrogen-bond donors (Lipinski definition) is 1. The Morgan fingerprint density at radius 2 is 1.95 bits per heavy atom. The molecule has 0 unspecified atom stereocenters. The third-order valence-corrected chi connectivity index (χ3v) is 3.70. The van der Waals surface area contributed by atoms with Gasteiger partial charge in [0.05, 0.1) is 4.90 Å². The maximum absolute atomic E-state index is 14.0. The molecule has 1 N–H and O–H groups in total. The van der Waals surface area contributed by atoms with Crippen LogP contribution >= 0.6 is 11.8 Å². The molecular weight excluding hydrogens is 278 g/mol. The Labute approximate surface area is 121 Å². The van der Waals surface area contributed by atoms with Crippen molar-refractivity contribution in [3.05, 3.63) is 53.7 Å². The molecule has 0 bridgehead atoms. The summed E-state index contributed by atoms with van der Waals surface area (Å²) in [6.07, 6.45) is 2.58.